The SMILES string of the molecule is CCN1C(=O)CN(C)c2nc(CC3CC(COc4ccc(F)c(F)c4F)C3)ncc21. The van der Waals surface area contributed by atoms with Gasteiger partial charge in [0.15, 0.2) is 23.2 Å². The maximum absolute atomic E-state index is 13.7. The third kappa shape index (κ3) is 3.80. The molecular formula is C21H23F3N4O2. The van der Waals surface area contributed by atoms with E-state index in [1.54, 1.807) is 11.1 Å². The van der Waals surface area contributed by atoms with E-state index >= 15 is 0 Å². The molecule has 0 radical (unpaired) electrons. The summed E-state index contributed by atoms with van der Waals surface area (Å²) in [6, 6.07) is 1.96. The summed E-state index contributed by atoms with van der Waals surface area (Å²) < 4.78 is 45.2. The van der Waals surface area contributed by atoms with Crippen LogP contribution < -0.4 is 14.5 Å². The van der Waals surface area contributed by atoms with Crippen molar-refractivity contribution in [2.75, 3.05) is 36.5 Å². The van der Waals surface area contributed by atoms with E-state index in [1.165, 1.54) is 0 Å². The Bertz CT molecular complexity index is 966. The van der Waals surface area contributed by atoms with E-state index in [0.717, 1.165) is 42.3 Å². The first-order valence-electron chi connectivity index (χ1n) is 10.0. The van der Waals surface area contributed by atoms with Crippen LogP contribution in [0.15, 0.2) is 18.3 Å². The van der Waals surface area contributed by atoms with Gasteiger partial charge >= 0.3 is 0 Å². The van der Waals surface area contributed by atoms with Crippen LogP contribution in [0.3, 0.4) is 0 Å². The first-order chi connectivity index (χ1) is 14.4. The number of hydrogen-bond donors (Lipinski definition) is 0. The minimum atomic E-state index is -1.52. The van der Waals surface area contributed by atoms with Crippen LogP contribution in [0.2, 0.25) is 0 Å². The Kier molecular flexibility index (Phi) is 5.53. The number of nitrogens with zero attached hydrogens (tertiary/aromatic N) is 4. The first-order valence-corrected chi connectivity index (χ1v) is 10.0. The van der Waals surface area contributed by atoms with Crippen LogP contribution in [0.25, 0.3) is 0 Å². The molecular weight excluding hydrogens is 397 g/mol. The molecule has 1 aliphatic carbocycles. The van der Waals surface area contributed by atoms with E-state index in [1.807, 2.05) is 18.9 Å². The van der Waals surface area contributed by atoms with Crippen molar-refractivity contribution >= 4 is 17.4 Å². The molecule has 0 spiro atoms. The van der Waals surface area contributed by atoms with Gasteiger partial charge in [-0.15, -0.1) is 0 Å². The molecule has 1 aromatic heterocycles. The minimum absolute atomic E-state index is 0.0307. The molecule has 1 saturated carbocycles. The van der Waals surface area contributed by atoms with E-state index in [4.69, 9.17) is 4.74 Å². The number of likely N-dealkylation sites (N-methyl/N-ethyl adjacent to an activating group) is 2. The number of anilines is 2. The van der Waals surface area contributed by atoms with Crippen LogP contribution >= 0.6 is 0 Å². The second-order valence-corrected chi connectivity index (χ2v) is 7.88. The first kappa shape index (κ1) is 20.4. The highest BCUT2D eigenvalue weighted by Gasteiger charge is 2.32. The van der Waals surface area contributed by atoms with Gasteiger partial charge in [-0.3, -0.25) is 4.79 Å². The van der Waals surface area contributed by atoms with E-state index < -0.39 is 17.5 Å². The normalized spacial score (nSPS) is 20.8. The van der Waals surface area contributed by atoms with E-state index in [-0.39, 0.29) is 24.2 Å². The largest absolute Gasteiger partial charge is 0.490 e. The second-order valence-electron chi connectivity index (χ2n) is 7.88. The lowest BCUT2D eigenvalue weighted by Gasteiger charge is -2.36. The quantitative estimate of drug-likeness (QED) is 0.671. The van der Waals surface area contributed by atoms with E-state index in [0.29, 0.717) is 25.4 Å². The van der Waals surface area contributed by atoms with Gasteiger partial charge in [-0.25, -0.2) is 18.7 Å². The predicted octanol–water partition coefficient (Wildman–Crippen LogP) is 3.34. The summed E-state index contributed by atoms with van der Waals surface area (Å²) in [6.07, 6.45) is 4.14. The lowest BCUT2D eigenvalue weighted by Crippen LogP contribution is -2.45. The Balaban J connectivity index is 1.32. The molecule has 9 heteroatoms. The Morgan fingerprint density at radius 3 is 2.67 bits per heavy atom. The van der Waals surface area contributed by atoms with Crippen molar-refractivity contribution in [2.45, 2.75) is 26.2 Å². The smallest absolute Gasteiger partial charge is 0.246 e. The molecule has 1 aliphatic heterocycles. The van der Waals surface area contributed by atoms with Gasteiger partial charge in [0.25, 0.3) is 0 Å². The van der Waals surface area contributed by atoms with Crippen molar-refractivity contribution in [3.8, 4) is 5.75 Å². The van der Waals surface area contributed by atoms with Gasteiger partial charge in [0.05, 0.1) is 19.3 Å². The number of halogens is 3. The zero-order chi connectivity index (χ0) is 21.4. The Hall–Kier alpha value is -2.84. The molecule has 0 bridgehead atoms. The lowest BCUT2D eigenvalue weighted by molar-refractivity contribution is -0.117. The molecule has 1 aromatic carbocycles. The minimum Gasteiger partial charge on any atom is -0.490 e. The molecule has 2 aliphatic rings. The standard InChI is InChI=1S/C21H23F3N4O2/c1-3-28-15-9-25-17(26-21(15)27(2)10-18(28)29)8-12-6-13(7-12)11-30-16-5-4-14(22)19(23)20(16)24/h4-5,9,12-13H,3,6-8,10-11H2,1-2H3. The fourth-order valence-corrected chi connectivity index (χ4v) is 4.08. The number of benzene rings is 1. The summed E-state index contributed by atoms with van der Waals surface area (Å²) in [6.45, 7) is 3.04. The fourth-order valence-electron chi connectivity index (χ4n) is 4.08. The zero-order valence-corrected chi connectivity index (χ0v) is 16.9. The van der Waals surface area contributed by atoms with Crippen LogP contribution in [0, 0.1) is 29.3 Å². The van der Waals surface area contributed by atoms with Crippen LogP contribution in [0.1, 0.15) is 25.6 Å². The number of aromatic nitrogens is 2. The maximum Gasteiger partial charge on any atom is 0.246 e. The Morgan fingerprint density at radius 2 is 1.93 bits per heavy atom. The van der Waals surface area contributed by atoms with Crippen molar-refractivity contribution in [2.24, 2.45) is 11.8 Å². The van der Waals surface area contributed by atoms with Gasteiger partial charge in [-0.1, -0.05) is 0 Å². The summed E-state index contributed by atoms with van der Waals surface area (Å²) in [5.41, 5.74) is 0.730. The lowest BCUT2D eigenvalue weighted by atomic mass is 9.73. The summed E-state index contributed by atoms with van der Waals surface area (Å²) in [7, 11) is 1.84. The van der Waals surface area contributed by atoms with Crippen molar-refractivity contribution in [3.63, 3.8) is 0 Å². The van der Waals surface area contributed by atoms with Crippen molar-refractivity contribution < 1.29 is 22.7 Å². The van der Waals surface area contributed by atoms with Gasteiger partial charge < -0.3 is 14.5 Å². The average Bonchev–Trinajstić information content (AvgIpc) is 2.69. The number of ether oxygens (including phenoxy) is 1. The molecule has 2 aromatic rings. The molecule has 0 unspecified atom stereocenters. The number of hydrogen-bond acceptors (Lipinski definition) is 5. The number of fused-ring (bicyclic) bond motifs is 1. The maximum atomic E-state index is 13.7. The molecule has 6 nitrogen and oxygen atoms in total. The van der Waals surface area contributed by atoms with Crippen LogP contribution in [-0.2, 0) is 11.2 Å². The number of carbonyl (C=O) groups is 1. The number of amides is 1. The zero-order valence-electron chi connectivity index (χ0n) is 16.9. The highest BCUT2D eigenvalue weighted by Crippen LogP contribution is 2.37. The molecule has 160 valence electrons. The van der Waals surface area contributed by atoms with Crippen molar-refractivity contribution in [1.29, 1.82) is 0 Å². The molecule has 0 atom stereocenters. The van der Waals surface area contributed by atoms with Crippen molar-refractivity contribution in [1.82, 2.24) is 9.97 Å². The fraction of sp³-hybridized carbons (Fsp3) is 0.476. The molecule has 4 rings (SSSR count). The molecule has 2 heterocycles. The molecule has 0 N–H and O–H groups in total. The summed E-state index contributed by atoms with van der Waals surface area (Å²) in [5.74, 6) is -2.20. The summed E-state index contributed by atoms with van der Waals surface area (Å²) in [4.78, 5) is 24.8. The molecule has 1 amide bonds. The highest BCUT2D eigenvalue weighted by molar-refractivity contribution is 6.01. The van der Waals surface area contributed by atoms with Gasteiger partial charge in [-0.2, -0.15) is 4.39 Å². The molecule has 30 heavy (non-hydrogen) atoms. The number of carbonyl (C=O) groups excluding carboxylic acids is 1. The van der Waals surface area contributed by atoms with Crippen LogP contribution in [0.4, 0.5) is 24.7 Å². The topological polar surface area (TPSA) is 58.6 Å². The molecule has 1 fully saturated rings. The predicted molar refractivity (Wildman–Crippen MR) is 105 cm³/mol. The second kappa shape index (κ2) is 8.12. The Morgan fingerprint density at radius 1 is 1.17 bits per heavy atom. The van der Waals surface area contributed by atoms with E-state index in [2.05, 4.69) is 9.97 Å². The van der Waals surface area contributed by atoms with Gasteiger partial charge in [0.2, 0.25) is 11.7 Å². The Labute approximate surface area is 172 Å². The third-order valence-electron chi connectivity index (χ3n) is 5.72. The monoisotopic (exact) mass is 420 g/mol. The van der Waals surface area contributed by atoms with Crippen LogP contribution in [-0.4, -0.2) is 42.6 Å². The van der Waals surface area contributed by atoms with Gasteiger partial charge in [-0.05, 0) is 43.7 Å². The third-order valence-corrected chi connectivity index (χ3v) is 5.72. The van der Waals surface area contributed by atoms with Gasteiger partial charge in [0.1, 0.15) is 11.5 Å². The van der Waals surface area contributed by atoms with E-state index in [9.17, 15) is 18.0 Å². The summed E-state index contributed by atoms with van der Waals surface area (Å²) in [5, 5.41) is 0. The molecule has 0 saturated heterocycles. The summed E-state index contributed by atoms with van der Waals surface area (Å²) >= 11 is 0. The van der Waals surface area contributed by atoms with Gasteiger partial charge in [0, 0.05) is 20.0 Å². The van der Waals surface area contributed by atoms with Crippen LogP contribution in [0.5, 0.6) is 5.75 Å². The highest BCUT2D eigenvalue weighted by atomic mass is 19.2. The average molecular weight is 420 g/mol. The van der Waals surface area contributed by atoms with Crippen molar-refractivity contribution in [3.05, 3.63) is 41.6 Å². The number of rotatable bonds is 6.